The maximum Gasteiger partial charge on any atom is 0.192 e. The number of aliphatic hydroxyl groups excluding tert-OH is 1. The van der Waals surface area contributed by atoms with Gasteiger partial charge in [-0.1, -0.05) is 51.1 Å². The van der Waals surface area contributed by atoms with E-state index in [1.165, 1.54) is 0 Å². The normalized spacial score (nSPS) is 32.2. The lowest BCUT2D eigenvalue weighted by atomic mass is 9.90. The van der Waals surface area contributed by atoms with Gasteiger partial charge in [0.2, 0.25) is 0 Å². The van der Waals surface area contributed by atoms with Crippen LogP contribution in [0.15, 0.2) is 30.3 Å². The monoisotopic (exact) mass is 438 g/mol. The van der Waals surface area contributed by atoms with Crippen LogP contribution in [0.3, 0.4) is 0 Å². The largest absolute Gasteiger partial charge is 0.414 e. The topological polar surface area (TPSA) is 66.4 Å². The summed E-state index contributed by atoms with van der Waals surface area (Å²) in [4.78, 5) is 0. The third-order valence-electron chi connectivity index (χ3n) is 6.65. The van der Waals surface area contributed by atoms with E-state index >= 15 is 0 Å². The van der Waals surface area contributed by atoms with Crippen LogP contribution in [0.1, 0.15) is 47.1 Å². The van der Waals surface area contributed by atoms with Gasteiger partial charge in [0.25, 0.3) is 0 Å². The Morgan fingerprint density at radius 1 is 1.10 bits per heavy atom. The van der Waals surface area contributed by atoms with Crippen LogP contribution in [0, 0.1) is 0 Å². The molecule has 0 spiro atoms. The van der Waals surface area contributed by atoms with Crippen LogP contribution < -0.4 is 0 Å². The third kappa shape index (κ3) is 4.67. The minimum atomic E-state index is -2.07. The Balaban J connectivity index is 1.87. The minimum Gasteiger partial charge on any atom is -0.414 e. The first-order valence-electron chi connectivity index (χ1n) is 10.8. The Kier molecular flexibility index (Phi) is 6.58. The lowest BCUT2D eigenvalue weighted by Gasteiger charge is -2.43. The second-order valence-corrected chi connectivity index (χ2v) is 15.3. The van der Waals surface area contributed by atoms with E-state index in [0.717, 1.165) is 5.56 Å². The van der Waals surface area contributed by atoms with Crippen LogP contribution in [0.4, 0.5) is 0 Å². The predicted octanol–water partition coefficient (Wildman–Crippen LogP) is 4.22. The molecular weight excluding hydrogens is 400 g/mol. The Bertz CT molecular complexity index is 714. The molecular formula is C23H38O6Si. The number of benzene rings is 1. The summed E-state index contributed by atoms with van der Waals surface area (Å²) in [6, 6.07) is 9.96. The molecule has 0 saturated carbocycles. The third-order valence-corrected chi connectivity index (χ3v) is 11.1. The predicted molar refractivity (Wildman–Crippen MR) is 117 cm³/mol. The Morgan fingerprint density at radius 2 is 1.73 bits per heavy atom. The molecule has 0 aromatic heterocycles. The van der Waals surface area contributed by atoms with Gasteiger partial charge in [-0.3, -0.25) is 0 Å². The molecule has 0 amide bonds. The Labute approximate surface area is 181 Å². The fraction of sp³-hybridized carbons (Fsp3) is 0.739. The summed E-state index contributed by atoms with van der Waals surface area (Å²) >= 11 is 0. The van der Waals surface area contributed by atoms with Crippen LogP contribution in [0.2, 0.25) is 18.1 Å². The summed E-state index contributed by atoms with van der Waals surface area (Å²) in [5.74, 6) is -0.769. The van der Waals surface area contributed by atoms with E-state index < -0.39 is 44.3 Å². The average Bonchev–Trinajstić information content (AvgIpc) is 3.07. The maximum absolute atomic E-state index is 10.9. The zero-order valence-corrected chi connectivity index (χ0v) is 20.6. The second kappa shape index (κ2) is 8.28. The van der Waals surface area contributed by atoms with Gasteiger partial charge in [-0.05, 0) is 44.5 Å². The van der Waals surface area contributed by atoms with Crippen molar-refractivity contribution in [3.05, 3.63) is 35.9 Å². The molecule has 2 heterocycles. The van der Waals surface area contributed by atoms with Gasteiger partial charge < -0.3 is 28.5 Å². The lowest BCUT2D eigenvalue weighted by Crippen LogP contribution is -2.58. The molecule has 6 nitrogen and oxygen atoms in total. The summed E-state index contributed by atoms with van der Waals surface area (Å²) < 4.78 is 31.4. The van der Waals surface area contributed by atoms with Crippen molar-refractivity contribution in [2.45, 2.75) is 102 Å². The van der Waals surface area contributed by atoms with E-state index in [1.807, 2.05) is 44.2 Å². The van der Waals surface area contributed by atoms with E-state index in [0.29, 0.717) is 6.61 Å². The van der Waals surface area contributed by atoms with Gasteiger partial charge in [-0.2, -0.15) is 0 Å². The lowest BCUT2D eigenvalue weighted by molar-refractivity contribution is -0.268. The molecule has 2 saturated heterocycles. The maximum atomic E-state index is 10.9. The molecule has 1 aromatic carbocycles. The van der Waals surface area contributed by atoms with Gasteiger partial charge in [0.05, 0.1) is 19.3 Å². The zero-order chi connectivity index (χ0) is 22.4. The van der Waals surface area contributed by atoms with Crippen molar-refractivity contribution >= 4 is 8.32 Å². The van der Waals surface area contributed by atoms with Crippen molar-refractivity contribution in [3.63, 3.8) is 0 Å². The van der Waals surface area contributed by atoms with E-state index in [4.69, 9.17) is 23.4 Å². The van der Waals surface area contributed by atoms with Gasteiger partial charge in [-0.15, -0.1) is 0 Å². The molecule has 5 atom stereocenters. The van der Waals surface area contributed by atoms with Gasteiger partial charge in [0.15, 0.2) is 20.4 Å². The van der Waals surface area contributed by atoms with Crippen LogP contribution in [-0.4, -0.2) is 56.0 Å². The Hall–Kier alpha value is -0.803. The van der Waals surface area contributed by atoms with Crippen molar-refractivity contribution in [2.24, 2.45) is 0 Å². The van der Waals surface area contributed by atoms with Crippen molar-refractivity contribution < 1.29 is 28.5 Å². The summed E-state index contributed by atoms with van der Waals surface area (Å²) in [6.07, 6.45) is -2.42. The molecule has 7 heteroatoms. The summed E-state index contributed by atoms with van der Waals surface area (Å²) in [7, 11) is -2.07. The summed E-state index contributed by atoms with van der Waals surface area (Å²) in [5, 5.41) is 10.9. The van der Waals surface area contributed by atoms with Crippen molar-refractivity contribution in [1.29, 1.82) is 0 Å². The number of hydrogen-bond acceptors (Lipinski definition) is 6. The SMILES string of the molecule is C[C@@H](O)[C@@]1(CO[Si](C)(C)C(C)(C)C)O[C@@H]2OC(C)(C)O[C@@H]2[C@@H]1OCc1ccccc1. The van der Waals surface area contributed by atoms with Crippen molar-refractivity contribution in [2.75, 3.05) is 6.61 Å². The zero-order valence-electron chi connectivity index (χ0n) is 19.6. The van der Waals surface area contributed by atoms with Crippen LogP contribution in [-0.2, 0) is 30.0 Å². The molecule has 1 aromatic rings. The fourth-order valence-electron chi connectivity index (χ4n) is 3.69. The molecule has 170 valence electrons. The molecule has 2 aliphatic rings. The summed E-state index contributed by atoms with van der Waals surface area (Å²) in [6.45, 7) is 17.0. The molecule has 0 aliphatic carbocycles. The van der Waals surface area contributed by atoms with Gasteiger partial charge in [0, 0.05) is 0 Å². The first kappa shape index (κ1) is 23.9. The number of fused-ring (bicyclic) bond motifs is 1. The van der Waals surface area contributed by atoms with Gasteiger partial charge in [-0.25, -0.2) is 0 Å². The standard InChI is InChI=1S/C23H38O6Si/c1-16(24)23(15-26-30(7,8)21(2,3)4)19(25-14-17-12-10-9-11-13-17)18-20(29-23)28-22(5,6)27-18/h9-13,16,18-20,24H,14-15H2,1-8H3/t16-,18-,19+,20+,23-/m1/s1. The number of ether oxygens (including phenoxy) is 4. The second-order valence-electron chi connectivity index (χ2n) is 10.5. The smallest absolute Gasteiger partial charge is 0.192 e. The Morgan fingerprint density at radius 3 is 2.30 bits per heavy atom. The van der Waals surface area contributed by atoms with Crippen LogP contribution >= 0.6 is 0 Å². The molecule has 0 bridgehead atoms. The molecule has 30 heavy (non-hydrogen) atoms. The van der Waals surface area contributed by atoms with Crippen molar-refractivity contribution in [3.8, 4) is 0 Å². The van der Waals surface area contributed by atoms with Gasteiger partial charge in [0.1, 0.15) is 17.8 Å². The van der Waals surface area contributed by atoms with E-state index in [1.54, 1.807) is 6.92 Å². The van der Waals surface area contributed by atoms with Gasteiger partial charge >= 0.3 is 0 Å². The highest BCUT2D eigenvalue weighted by Gasteiger charge is 2.65. The molecule has 3 rings (SSSR count). The number of hydrogen-bond donors (Lipinski definition) is 1. The number of aliphatic hydroxyl groups is 1. The summed E-state index contributed by atoms with van der Waals surface area (Å²) in [5.41, 5.74) is -0.0280. The van der Waals surface area contributed by atoms with Crippen LogP contribution in [0.5, 0.6) is 0 Å². The average molecular weight is 439 g/mol. The van der Waals surface area contributed by atoms with E-state index in [9.17, 15) is 5.11 Å². The number of rotatable bonds is 7. The molecule has 2 aliphatic heterocycles. The minimum absolute atomic E-state index is 0.0384. The fourth-order valence-corrected chi connectivity index (χ4v) is 4.71. The highest BCUT2D eigenvalue weighted by Crippen LogP contribution is 2.47. The first-order chi connectivity index (χ1) is 13.8. The molecule has 1 N–H and O–H groups in total. The molecule has 2 fully saturated rings. The highest BCUT2D eigenvalue weighted by atomic mass is 28.4. The molecule has 0 unspecified atom stereocenters. The van der Waals surface area contributed by atoms with E-state index in [-0.39, 0.29) is 11.6 Å². The van der Waals surface area contributed by atoms with Crippen LogP contribution in [0.25, 0.3) is 0 Å². The quantitative estimate of drug-likeness (QED) is 0.643. The first-order valence-corrected chi connectivity index (χ1v) is 13.7. The van der Waals surface area contributed by atoms with Crippen molar-refractivity contribution in [1.82, 2.24) is 0 Å². The molecule has 0 radical (unpaired) electrons. The highest BCUT2D eigenvalue weighted by molar-refractivity contribution is 6.74. The van der Waals surface area contributed by atoms with E-state index in [2.05, 4.69) is 33.9 Å².